The Bertz CT molecular complexity index is 517. The van der Waals surface area contributed by atoms with Crippen LogP contribution in [-0.4, -0.2) is 19.7 Å². The van der Waals surface area contributed by atoms with Gasteiger partial charge in [0.2, 0.25) is 0 Å². The Balaban J connectivity index is 2.11. The van der Waals surface area contributed by atoms with Crippen LogP contribution in [0, 0.1) is 6.92 Å². The fraction of sp³-hybridized carbons (Fsp3) is 0.545. The van der Waals surface area contributed by atoms with Gasteiger partial charge in [0.05, 0.1) is 11.6 Å². The van der Waals surface area contributed by atoms with Crippen LogP contribution >= 0.6 is 23.1 Å². The van der Waals surface area contributed by atoms with Crippen LogP contribution in [0.3, 0.4) is 0 Å². The minimum absolute atomic E-state index is 0.323. The van der Waals surface area contributed by atoms with Gasteiger partial charge in [-0.1, -0.05) is 11.8 Å². The van der Waals surface area contributed by atoms with E-state index in [-0.39, 0.29) is 0 Å². The first-order valence-corrected chi connectivity index (χ1v) is 7.60. The molecule has 0 spiro atoms. The van der Waals surface area contributed by atoms with E-state index < -0.39 is 0 Å². The van der Waals surface area contributed by atoms with Gasteiger partial charge in [-0.05, 0) is 20.8 Å². The number of nitrogens with zero attached hydrogens (tertiary/aromatic N) is 4. The highest BCUT2D eigenvalue weighted by atomic mass is 32.2. The number of rotatable bonds is 5. The second-order valence-corrected chi connectivity index (χ2v) is 6.46. The van der Waals surface area contributed by atoms with E-state index in [4.69, 9.17) is 5.73 Å². The van der Waals surface area contributed by atoms with Crippen LogP contribution in [0.4, 0.5) is 0 Å². The van der Waals surface area contributed by atoms with E-state index >= 15 is 0 Å². The molecule has 2 rings (SSSR count). The van der Waals surface area contributed by atoms with Crippen molar-refractivity contribution in [2.45, 2.75) is 44.3 Å². The van der Waals surface area contributed by atoms with Crippen molar-refractivity contribution in [3.05, 3.63) is 21.9 Å². The van der Waals surface area contributed by atoms with Gasteiger partial charge in [0.25, 0.3) is 0 Å². The Labute approximate surface area is 115 Å². The maximum atomic E-state index is 5.67. The fourth-order valence-electron chi connectivity index (χ4n) is 1.67. The number of aryl methyl sites for hydroxylation is 1. The summed E-state index contributed by atoms with van der Waals surface area (Å²) in [5, 5.41) is 10.4. The Morgan fingerprint density at radius 3 is 2.78 bits per heavy atom. The van der Waals surface area contributed by atoms with E-state index in [0.717, 1.165) is 21.7 Å². The number of nitrogens with two attached hydrogens (primary N) is 1. The minimum atomic E-state index is 0.323. The maximum absolute atomic E-state index is 5.67. The summed E-state index contributed by atoms with van der Waals surface area (Å²) in [5.74, 6) is 1.72. The van der Waals surface area contributed by atoms with Crippen molar-refractivity contribution < 1.29 is 0 Å². The molecule has 7 heteroatoms. The van der Waals surface area contributed by atoms with Gasteiger partial charge in [-0.3, -0.25) is 0 Å². The molecule has 0 unspecified atom stereocenters. The summed E-state index contributed by atoms with van der Waals surface area (Å²) < 4.78 is 2.10. The van der Waals surface area contributed by atoms with Gasteiger partial charge in [-0.2, -0.15) is 0 Å². The highest BCUT2D eigenvalue weighted by Gasteiger charge is 2.14. The molecule has 2 aromatic rings. The molecular formula is C11H17N5S2. The Morgan fingerprint density at radius 1 is 1.44 bits per heavy atom. The van der Waals surface area contributed by atoms with Crippen molar-refractivity contribution in [1.29, 1.82) is 0 Å². The fourth-order valence-corrected chi connectivity index (χ4v) is 3.57. The first-order chi connectivity index (χ1) is 8.61. The predicted molar refractivity (Wildman–Crippen MR) is 74.7 cm³/mol. The van der Waals surface area contributed by atoms with Crippen molar-refractivity contribution in [2.75, 3.05) is 0 Å². The van der Waals surface area contributed by atoms with Crippen molar-refractivity contribution in [1.82, 2.24) is 19.7 Å². The third-order valence-corrected chi connectivity index (χ3v) is 4.53. The molecule has 0 fully saturated rings. The van der Waals surface area contributed by atoms with Crippen molar-refractivity contribution >= 4 is 23.1 Å². The van der Waals surface area contributed by atoms with Gasteiger partial charge in [0.1, 0.15) is 5.82 Å². The lowest BCUT2D eigenvalue weighted by molar-refractivity contribution is 0.526. The average Bonchev–Trinajstić information content (AvgIpc) is 2.92. The normalized spacial score (nSPS) is 11.4. The molecule has 2 aromatic heterocycles. The predicted octanol–water partition coefficient (Wildman–Crippen LogP) is 2.37. The largest absolute Gasteiger partial charge is 0.324 e. The smallest absolute Gasteiger partial charge is 0.191 e. The van der Waals surface area contributed by atoms with E-state index in [1.165, 1.54) is 4.88 Å². The van der Waals surface area contributed by atoms with Gasteiger partial charge < -0.3 is 10.3 Å². The van der Waals surface area contributed by atoms with E-state index in [2.05, 4.69) is 33.6 Å². The second kappa shape index (κ2) is 5.81. The van der Waals surface area contributed by atoms with Crippen molar-refractivity contribution in [2.24, 2.45) is 5.73 Å². The van der Waals surface area contributed by atoms with E-state index in [1.54, 1.807) is 23.1 Å². The molecule has 5 nitrogen and oxygen atoms in total. The first-order valence-electron chi connectivity index (χ1n) is 5.79. The lowest BCUT2D eigenvalue weighted by Gasteiger charge is -2.12. The zero-order valence-corrected chi connectivity index (χ0v) is 12.4. The van der Waals surface area contributed by atoms with Crippen LogP contribution in [0.25, 0.3) is 0 Å². The van der Waals surface area contributed by atoms with Crippen LogP contribution in [0.1, 0.15) is 35.6 Å². The molecule has 0 saturated heterocycles. The molecule has 2 N–H and O–H groups in total. The number of thiazole rings is 1. The molecule has 0 aliphatic rings. The third-order valence-electron chi connectivity index (χ3n) is 2.45. The van der Waals surface area contributed by atoms with Crippen LogP contribution in [0.15, 0.2) is 11.4 Å². The molecule has 0 aliphatic heterocycles. The lowest BCUT2D eigenvalue weighted by Crippen LogP contribution is -2.11. The standard InChI is InChI=1S/C11H17N5S2/c1-7(2)16-10(4-12)14-15-11(16)17-6-9-5-13-8(3)18-9/h5,7H,4,6,12H2,1-3H3. The molecule has 0 aromatic carbocycles. The summed E-state index contributed by atoms with van der Waals surface area (Å²) in [7, 11) is 0. The number of thioether (sulfide) groups is 1. The van der Waals surface area contributed by atoms with E-state index in [0.29, 0.717) is 12.6 Å². The van der Waals surface area contributed by atoms with Gasteiger partial charge >= 0.3 is 0 Å². The molecular weight excluding hydrogens is 266 g/mol. The summed E-state index contributed by atoms with van der Waals surface area (Å²) in [6.45, 7) is 6.67. The van der Waals surface area contributed by atoms with E-state index in [1.807, 2.05) is 13.1 Å². The molecule has 18 heavy (non-hydrogen) atoms. The summed E-state index contributed by atoms with van der Waals surface area (Å²) in [6, 6.07) is 0.323. The number of hydrogen-bond acceptors (Lipinski definition) is 6. The lowest BCUT2D eigenvalue weighted by atomic mass is 10.4. The van der Waals surface area contributed by atoms with Gasteiger partial charge in [0, 0.05) is 22.9 Å². The molecule has 0 atom stereocenters. The molecule has 0 amide bonds. The van der Waals surface area contributed by atoms with Crippen molar-refractivity contribution in [3.8, 4) is 0 Å². The molecule has 0 radical (unpaired) electrons. The first kappa shape index (κ1) is 13.5. The zero-order valence-electron chi connectivity index (χ0n) is 10.8. The highest BCUT2D eigenvalue weighted by molar-refractivity contribution is 7.98. The quantitative estimate of drug-likeness (QED) is 0.853. The Morgan fingerprint density at radius 2 is 2.22 bits per heavy atom. The average molecular weight is 283 g/mol. The summed E-state index contributed by atoms with van der Waals surface area (Å²) in [4.78, 5) is 5.50. The van der Waals surface area contributed by atoms with Crippen LogP contribution in [0.5, 0.6) is 0 Å². The molecule has 2 heterocycles. The zero-order chi connectivity index (χ0) is 13.1. The van der Waals surface area contributed by atoms with Crippen LogP contribution in [0.2, 0.25) is 0 Å². The summed E-state index contributed by atoms with van der Waals surface area (Å²) >= 11 is 3.40. The maximum Gasteiger partial charge on any atom is 0.191 e. The Kier molecular flexibility index (Phi) is 4.36. The highest BCUT2D eigenvalue weighted by Crippen LogP contribution is 2.26. The minimum Gasteiger partial charge on any atom is -0.324 e. The SMILES string of the molecule is Cc1ncc(CSc2nnc(CN)n2C(C)C)s1. The summed E-state index contributed by atoms with van der Waals surface area (Å²) in [6.07, 6.45) is 1.92. The monoisotopic (exact) mass is 283 g/mol. The number of hydrogen-bond donors (Lipinski definition) is 1. The van der Waals surface area contributed by atoms with Gasteiger partial charge in [-0.15, -0.1) is 21.5 Å². The van der Waals surface area contributed by atoms with Gasteiger partial charge in [-0.25, -0.2) is 4.98 Å². The third kappa shape index (κ3) is 2.90. The van der Waals surface area contributed by atoms with Crippen molar-refractivity contribution in [3.63, 3.8) is 0 Å². The van der Waals surface area contributed by atoms with Crippen LogP contribution < -0.4 is 5.73 Å². The molecule has 0 bridgehead atoms. The molecule has 98 valence electrons. The topological polar surface area (TPSA) is 69.6 Å². The summed E-state index contributed by atoms with van der Waals surface area (Å²) in [5.41, 5.74) is 5.67. The molecule has 0 saturated carbocycles. The van der Waals surface area contributed by atoms with Crippen LogP contribution in [-0.2, 0) is 12.3 Å². The van der Waals surface area contributed by atoms with E-state index in [9.17, 15) is 0 Å². The van der Waals surface area contributed by atoms with Gasteiger partial charge in [0.15, 0.2) is 5.16 Å². The number of aromatic nitrogens is 4. The second-order valence-electron chi connectivity index (χ2n) is 4.20. The Hall–Kier alpha value is -0.920. The molecule has 0 aliphatic carbocycles.